The van der Waals surface area contributed by atoms with Crippen LogP contribution in [0.3, 0.4) is 0 Å². The highest BCUT2D eigenvalue weighted by molar-refractivity contribution is 5.96. The van der Waals surface area contributed by atoms with Gasteiger partial charge in [-0.25, -0.2) is 4.79 Å². The van der Waals surface area contributed by atoms with Crippen LogP contribution in [-0.2, 0) is 0 Å². The number of hydrogen-bond acceptors (Lipinski definition) is 4. The van der Waals surface area contributed by atoms with Gasteiger partial charge in [0, 0.05) is 11.4 Å². The average Bonchev–Trinajstić information content (AvgIpc) is 2.42. The highest BCUT2D eigenvalue weighted by atomic mass is 16.4. The fourth-order valence-electron chi connectivity index (χ4n) is 2.12. The van der Waals surface area contributed by atoms with Gasteiger partial charge in [-0.2, -0.15) is 5.26 Å². The molecular weight excluding hydrogens is 266 g/mol. The Morgan fingerprint density at radius 1 is 1.29 bits per heavy atom. The van der Waals surface area contributed by atoms with Crippen LogP contribution in [0.15, 0.2) is 30.3 Å². The van der Waals surface area contributed by atoms with E-state index in [1.165, 1.54) is 6.07 Å². The summed E-state index contributed by atoms with van der Waals surface area (Å²) < 4.78 is 0. The van der Waals surface area contributed by atoms with E-state index in [9.17, 15) is 10.1 Å². The molecular formula is C16H15N3O2. The standard InChI is InChI=1S/C16H15N3O2/c1-9-4-3-5-14(13(9)8-17)19-11-6-10(2)15(18)12(7-11)16(20)21/h3-7,19H,18H2,1-2H3,(H,20,21). The Balaban J connectivity index is 2.49. The van der Waals surface area contributed by atoms with Crippen molar-refractivity contribution >= 4 is 23.0 Å². The molecule has 2 aromatic rings. The Morgan fingerprint density at radius 3 is 2.62 bits per heavy atom. The van der Waals surface area contributed by atoms with E-state index in [4.69, 9.17) is 10.8 Å². The number of nitriles is 1. The molecule has 2 rings (SSSR count). The summed E-state index contributed by atoms with van der Waals surface area (Å²) in [5.74, 6) is -1.08. The van der Waals surface area contributed by atoms with E-state index in [0.29, 0.717) is 22.5 Å². The van der Waals surface area contributed by atoms with E-state index in [2.05, 4.69) is 11.4 Å². The minimum Gasteiger partial charge on any atom is -0.478 e. The number of nitrogens with one attached hydrogen (secondary N) is 1. The van der Waals surface area contributed by atoms with Crippen molar-refractivity contribution in [3.05, 3.63) is 52.6 Å². The van der Waals surface area contributed by atoms with E-state index >= 15 is 0 Å². The van der Waals surface area contributed by atoms with Crippen molar-refractivity contribution in [2.24, 2.45) is 0 Å². The Kier molecular flexibility index (Phi) is 3.81. The molecule has 0 amide bonds. The molecule has 4 N–H and O–H groups in total. The normalized spacial score (nSPS) is 9.95. The average molecular weight is 281 g/mol. The molecule has 0 aliphatic rings. The van der Waals surface area contributed by atoms with Crippen LogP contribution in [0.2, 0.25) is 0 Å². The van der Waals surface area contributed by atoms with Gasteiger partial charge in [0.2, 0.25) is 0 Å². The summed E-state index contributed by atoms with van der Waals surface area (Å²) in [6.45, 7) is 3.59. The molecule has 0 bridgehead atoms. The molecule has 5 nitrogen and oxygen atoms in total. The van der Waals surface area contributed by atoms with Crippen LogP contribution in [0.5, 0.6) is 0 Å². The van der Waals surface area contributed by atoms with Crippen LogP contribution in [0.4, 0.5) is 17.1 Å². The third-order valence-corrected chi connectivity index (χ3v) is 3.28. The Bertz CT molecular complexity index is 761. The number of aryl methyl sites for hydroxylation is 2. The second-order valence-electron chi connectivity index (χ2n) is 4.79. The van der Waals surface area contributed by atoms with Crippen LogP contribution < -0.4 is 11.1 Å². The number of anilines is 3. The van der Waals surface area contributed by atoms with Gasteiger partial charge in [0.1, 0.15) is 6.07 Å². The first-order valence-electron chi connectivity index (χ1n) is 6.34. The van der Waals surface area contributed by atoms with Crippen molar-refractivity contribution in [3.8, 4) is 6.07 Å². The highest BCUT2D eigenvalue weighted by Gasteiger charge is 2.13. The first kappa shape index (κ1) is 14.4. The lowest BCUT2D eigenvalue weighted by Gasteiger charge is -2.13. The van der Waals surface area contributed by atoms with Crippen molar-refractivity contribution < 1.29 is 9.90 Å². The number of nitrogens with zero attached hydrogens (tertiary/aromatic N) is 1. The zero-order valence-corrected chi connectivity index (χ0v) is 11.8. The monoisotopic (exact) mass is 281 g/mol. The summed E-state index contributed by atoms with van der Waals surface area (Å²) in [6.07, 6.45) is 0. The number of benzene rings is 2. The van der Waals surface area contributed by atoms with Gasteiger partial charge >= 0.3 is 5.97 Å². The number of nitrogens with two attached hydrogens (primary N) is 1. The third kappa shape index (κ3) is 2.79. The molecule has 0 unspecified atom stereocenters. The summed E-state index contributed by atoms with van der Waals surface area (Å²) in [6, 6.07) is 10.8. The lowest BCUT2D eigenvalue weighted by molar-refractivity contribution is 0.0698. The Hall–Kier alpha value is -3.00. The summed E-state index contributed by atoms with van der Waals surface area (Å²) >= 11 is 0. The SMILES string of the molecule is Cc1cc(Nc2cccc(C)c2C#N)cc(C(=O)O)c1N. The second kappa shape index (κ2) is 5.55. The number of carbonyl (C=O) groups is 1. The molecule has 0 aliphatic carbocycles. The number of carboxylic acid groups (broad SMARTS) is 1. The molecule has 2 aromatic carbocycles. The predicted molar refractivity (Wildman–Crippen MR) is 81.7 cm³/mol. The molecule has 0 saturated heterocycles. The number of aromatic carboxylic acids is 1. The van der Waals surface area contributed by atoms with Gasteiger partial charge in [-0.05, 0) is 43.2 Å². The number of carboxylic acids is 1. The van der Waals surface area contributed by atoms with Crippen LogP contribution in [0, 0.1) is 25.2 Å². The van der Waals surface area contributed by atoms with E-state index < -0.39 is 5.97 Å². The molecule has 0 aliphatic heterocycles. The number of rotatable bonds is 3. The minimum atomic E-state index is -1.08. The van der Waals surface area contributed by atoms with E-state index in [-0.39, 0.29) is 11.3 Å². The lowest BCUT2D eigenvalue weighted by Crippen LogP contribution is -2.06. The predicted octanol–water partition coefficient (Wildman–Crippen LogP) is 3.20. The first-order valence-corrected chi connectivity index (χ1v) is 6.34. The maximum Gasteiger partial charge on any atom is 0.337 e. The molecule has 0 heterocycles. The van der Waals surface area contributed by atoms with Crippen molar-refractivity contribution in [1.82, 2.24) is 0 Å². The number of hydrogen-bond donors (Lipinski definition) is 3. The van der Waals surface area contributed by atoms with E-state index in [1.807, 2.05) is 19.1 Å². The summed E-state index contributed by atoms with van der Waals surface area (Å²) in [5.41, 5.74) is 9.34. The maximum absolute atomic E-state index is 11.2. The molecule has 106 valence electrons. The van der Waals surface area contributed by atoms with Crippen LogP contribution in [0.25, 0.3) is 0 Å². The summed E-state index contributed by atoms with van der Waals surface area (Å²) in [4.78, 5) is 11.2. The molecule has 0 spiro atoms. The highest BCUT2D eigenvalue weighted by Crippen LogP contribution is 2.27. The van der Waals surface area contributed by atoms with Crippen LogP contribution >= 0.6 is 0 Å². The molecule has 0 saturated carbocycles. The van der Waals surface area contributed by atoms with Gasteiger partial charge in [0.15, 0.2) is 0 Å². The fraction of sp³-hybridized carbons (Fsp3) is 0.125. The largest absolute Gasteiger partial charge is 0.478 e. The van der Waals surface area contributed by atoms with Gasteiger partial charge in [-0.15, -0.1) is 0 Å². The first-order chi connectivity index (χ1) is 9.93. The van der Waals surface area contributed by atoms with Gasteiger partial charge in [-0.3, -0.25) is 0 Å². The van der Waals surface area contributed by atoms with Crippen molar-refractivity contribution in [1.29, 1.82) is 5.26 Å². The quantitative estimate of drug-likeness (QED) is 0.750. The Labute approximate surface area is 122 Å². The molecule has 0 fully saturated rings. The molecule has 0 aromatic heterocycles. The van der Waals surface area contributed by atoms with Crippen molar-refractivity contribution in [3.63, 3.8) is 0 Å². The fourth-order valence-corrected chi connectivity index (χ4v) is 2.12. The smallest absolute Gasteiger partial charge is 0.337 e. The topological polar surface area (TPSA) is 99.1 Å². The van der Waals surface area contributed by atoms with Gasteiger partial charge in [-0.1, -0.05) is 12.1 Å². The molecule has 5 heteroatoms. The van der Waals surface area contributed by atoms with E-state index in [0.717, 1.165) is 5.56 Å². The molecule has 0 radical (unpaired) electrons. The van der Waals surface area contributed by atoms with Gasteiger partial charge in [0.25, 0.3) is 0 Å². The zero-order valence-electron chi connectivity index (χ0n) is 11.8. The van der Waals surface area contributed by atoms with Crippen LogP contribution in [0.1, 0.15) is 27.0 Å². The molecule has 0 atom stereocenters. The van der Waals surface area contributed by atoms with E-state index in [1.54, 1.807) is 19.1 Å². The minimum absolute atomic E-state index is 0.0451. The summed E-state index contributed by atoms with van der Waals surface area (Å²) in [5, 5.41) is 21.5. The van der Waals surface area contributed by atoms with Gasteiger partial charge < -0.3 is 16.2 Å². The third-order valence-electron chi connectivity index (χ3n) is 3.28. The molecule has 21 heavy (non-hydrogen) atoms. The van der Waals surface area contributed by atoms with Crippen molar-refractivity contribution in [2.45, 2.75) is 13.8 Å². The zero-order chi connectivity index (χ0) is 15.6. The Morgan fingerprint density at radius 2 is 2.00 bits per heavy atom. The summed E-state index contributed by atoms with van der Waals surface area (Å²) in [7, 11) is 0. The van der Waals surface area contributed by atoms with Gasteiger partial charge in [0.05, 0.1) is 16.8 Å². The second-order valence-corrected chi connectivity index (χ2v) is 4.79. The maximum atomic E-state index is 11.2. The van der Waals surface area contributed by atoms with Crippen LogP contribution in [-0.4, -0.2) is 11.1 Å². The lowest BCUT2D eigenvalue weighted by atomic mass is 10.0. The number of nitrogen functional groups attached to an aromatic ring is 1. The van der Waals surface area contributed by atoms with Crippen molar-refractivity contribution in [2.75, 3.05) is 11.1 Å².